The molecule has 7 rings (SSSR count). The molecule has 168 valence electrons. The molecule has 4 fully saturated rings. The fraction of sp³-hybridized carbons (Fsp3) is 0.522. The van der Waals surface area contributed by atoms with Gasteiger partial charge in [0.05, 0.1) is 36.7 Å². The van der Waals surface area contributed by atoms with Crippen molar-refractivity contribution < 1.29 is 10.2 Å². The van der Waals surface area contributed by atoms with E-state index in [9.17, 15) is 10.2 Å². The molecule has 0 aliphatic heterocycles. The van der Waals surface area contributed by atoms with E-state index in [4.69, 9.17) is 11.6 Å². The van der Waals surface area contributed by atoms with Crippen LogP contribution in [-0.4, -0.2) is 48.2 Å². The number of anilines is 3. The Morgan fingerprint density at radius 2 is 1.97 bits per heavy atom. The Bertz CT molecular complexity index is 1150. The summed E-state index contributed by atoms with van der Waals surface area (Å²) in [4.78, 5) is 9.03. The second-order valence-corrected chi connectivity index (χ2v) is 10.2. The number of aromatic nitrogens is 4. The quantitative estimate of drug-likeness (QED) is 0.451. The second-order valence-electron chi connectivity index (χ2n) is 9.74. The normalized spacial score (nSPS) is 30.7. The van der Waals surface area contributed by atoms with E-state index in [0.717, 1.165) is 35.9 Å². The molecule has 32 heavy (non-hydrogen) atoms. The number of fused-ring (bicyclic) bond motifs is 1. The van der Waals surface area contributed by atoms with Crippen LogP contribution in [0.1, 0.15) is 32.1 Å². The minimum absolute atomic E-state index is 0.0328. The summed E-state index contributed by atoms with van der Waals surface area (Å²) < 4.78 is 1.77. The molecule has 2 atom stereocenters. The number of rotatable bonds is 6. The van der Waals surface area contributed by atoms with E-state index in [2.05, 4.69) is 25.7 Å². The number of benzene rings is 1. The van der Waals surface area contributed by atoms with Crippen LogP contribution in [0.15, 0.2) is 30.6 Å². The molecule has 3 aromatic rings. The van der Waals surface area contributed by atoms with Crippen molar-refractivity contribution in [3.05, 3.63) is 35.6 Å². The van der Waals surface area contributed by atoms with Crippen LogP contribution in [0.25, 0.3) is 10.9 Å². The maximum Gasteiger partial charge on any atom is 0.229 e. The zero-order chi connectivity index (χ0) is 21.9. The molecule has 2 unspecified atom stereocenters. The molecule has 2 aromatic heterocycles. The summed E-state index contributed by atoms with van der Waals surface area (Å²) in [5.74, 6) is 2.68. The van der Waals surface area contributed by atoms with Crippen molar-refractivity contribution >= 4 is 40.0 Å². The zero-order valence-corrected chi connectivity index (χ0v) is 18.5. The van der Waals surface area contributed by atoms with Gasteiger partial charge >= 0.3 is 0 Å². The van der Waals surface area contributed by atoms with Gasteiger partial charge in [-0.05, 0) is 68.1 Å². The molecule has 4 bridgehead atoms. The average molecular weight is 455 g/mol. The fourth-order valence-electron chi connectivity index (χ4n) is 6.45. The van der Waals surface area contributed by atoms with Gasteiger partial charge in [0.25, 0.3) is 0 Å². The number of halogens is 1. The molecule has 8 nitrogen and oxygen atoms in total. The smallest absolute Gasteiger partial charge is 0.229 e. The summed E-state index contributed by atoms with van der Waals surface area (Å²) >= 11 is 6.46. The number of hydrogen-bond acceptors (Lipinski definition) is 7. The Balaban J connectivity index is 1.23. The molecule has 4 aliphatic carbocycles. The molecular formula is C23H27ClN6O2. The third-order valence-electron chi connectivity index (χ3n) is 7.50. The number of nitrogens with one attached hydrogen (secondary N) is 2. The minimum atomic E-state index is -0.460. The first-order valence-electron chi connectivity index (χ1n) is 11.3. The molecule has 9 heteroatoms. The van der Waals surface area contributed by atoms with E-state index < -0.39 is 5.60 Å². The van der Waals surface area contributed by atoms with Crippen molar-refractivity contribution in [2.24, 2.45) is 17.8 Å². The SMILES string of the molecule is OCCn1ncc2ccc(Nc3ncc(Cl)c(N[C@H]4C5CC6CC4C[C@@](O)(C6)C5)n3)cc21. The van der Waals surface area contributed by atoms with Crippen molar-refractivity contribution in [1.29, 1.82) is 0 Å². The lowest BCUT2D eigenvalue weighted by atomic mass is 9.52. The van der Waals surface area contributed by atoms with Crippen molar-refractivity contribution in [3.8, 4) is 0 Å². The van der Waals surface area contributed by atoms with E-state index in [1.807, 2.05) is 18.2 Å². The first kappa shape index (κ1) is 20.2. The van der Waals surface area contributed by atoms with Gasteiger partial charge in [-0.15, -0.1) is 0 Å². The van der Waals surface area contributed by atoms with E-state index in [1.54, 1.807) is 17.1 Å². The van der Waals surface area contributed by atoms with Crippen LogP contribution in [0.5, 0.6) is 0 Å². The predicted molar refractivity (Wildman–Crippen MR) is 123 cm³/mol. The Kier molecular flexibility index (Phi) is 4.78. The van der Waals surface area contributed by atoms with Gasteiger partial charge in [-0.25, -0.2) is 4.98 Å². The van der Waals surface area contributed by atoms with Crippen LogP contribution in [0.2, 0.25) is 5.02 Å². The molecule has 1 aromatic carbocycles. The third-order valence-corrected chi connectivity index (χ3v) is 7.78. The molecule has 2 heterocycles. The summed E-state index contributed by atoms with van der Waals surface area (Å²) in [7, 11) is 0. The van der Waals surface area contributed by atoms with Gasteiger partial charge in [-0.2, -0.15) is 10.1 Å². The van der Waals surface area contributed by atoms with Gasteiger partial charge in [-0.1, -0.05) is 11.6 Å². The maximum absolute atomic E-state index is 10.9. The highest BCUT2D eigenvalue weighted by atomic mass is 35.5. The van der Waals surface area contributed by atoms with Gasteiger partial charge in [-0.3, -0.25) is 4.68 Å². The largest absolute Gasteiger partial charge is 0.394 e. The van der Waals surface area contributed by atoms with E-state index in [-0.39, 0.29) is 12.6 Å². The monoisotopic (exact) mass is 454 g/mol. The van der Waals surface area contributed by atoms with Gasteiger partial charge in [0.1, 0.15) is 5.02 Å². The van der Waals surface area contributed by atoms with Crippen LogP contribution >= 0.6 is 11.6 Å². The van der Waals surface area contributed by atoms with Crippen molar-refractivity contribution in [2.45, 2.75) is 50.3 Å². The topological polar surface area (TPSA) is 108 Å². The Morgan fingerprint density at radius 1 is 1.16 bits per heavy atom. The fourth-order valence-corrected chi connectivity index (χ4v) is 6.60. The molecule has 0 amide bonds. The van der Waals surface area contributed by atoms with Crippen molar-refractivity contribution in [1.82, 2.24) is 19.7 Å². The van der Waals surface area contributed by atoms with Gasteiger partial charge in [0.15, 0.2) is 5.82 Å². The Hall–Kier alpha value is -2.42. The number of hydrogen-bond donors (Lipinski definition) is 4. The lowest BCUT2D eigenvalue weighted by Crippen LogP contribution is -2.59. The van der Waals surface area contributed by atoms with E-state index in [0.29, 0.717) is 41.1 Å². The van der Waals surface area contributed by atoms with E-state index in [1.165, 1.54) is 12.8 Å². The second kappa shape index (κ2) is 7.57. The Morgan fingerprint density at radius 3 is 2.72 bits per heavy atom. The van der Waals surface area contributed by atoms with Gasteiger partial charge in [0.2, 0.25) is 5.95 Å². The summed E-state index contributed by atoms with van der Waals surface area (Å²) in [6.07, 6.45) is 8.46. The van der Waals surface area contributed by atoms with Crippen molar-refractivity contribution in [3.63, 3.8) is 0 Å². The minimum Gasteiger partial charge on any atom is -0.394 e. The lowest BCUT2D eigenvalue weighted by Gasteiger charge is -2.58. The van der Waals surface area contributed by atoms with Crippen LogP contribution in [0, 0.1) is 17.8 Å². The molecule has 0 spiro atoms. The number of aliphatic hydroxyl groups is 2. The number of aliphatic hydroxyl groups excluding tert-OH is 1. The molecule has 0 radical (unpaired) electrons. The third kappa shape index (κ3) is 3.50. The van der Waals surface area contributed by atoms with Crippen molar-refractivity contribution in [2.75, 3.05) is 17.2 Å². The van der Waals surface area contributed by atoms with Crippen LogP contribution in [0.4, 0.5) is 17.5 Å². The summed E-state index contributed by atoms with van der Waals surface area (Å²) in [5, 5.41) is 32.8. The van der Waals surface area contributed by atoms with Crippen LogP contribution < -0.4 is 10.6 Å². The summed E-state index contributed by atoms with van der Waals surface area (Å²) in [6.45, 7) is 0.475. The standard InChI is InChI=1S/C23H27ClN6O2/c24-18-12-25-22(27-17-2-1-14-11-26-30(3-4-31)19(14)7-17)29-21(18)28-20-15-5-13-6-16(20)10-23(32,8-13)9-15/h1-2,7,11-13,15-16,20,31-32H,3-6,8-10H2,(H2,25,27,28,29)/t13?,15?,16?,20-,23+. The zero-order valence-electron chi connectivity index (χ0n) is 17.7. The van der Waals surface area contributed by atoms with Crippen LogP contribution in [0.3, 0.4) is 0 Å². The molecule has 4 N–H and O–H groups in total. The molecular weight excluding hydrogens is 428 g/mol. The number of nitrogens with zero attached hydrogens (tertiary/aromatic N) is 4. The first-order valence-corrected chi connectivity index (χ1v) is 11.7. The highest BCUT2D eigenvalue weighted by molar-refractivity contribution is 6.32. The maximum atomic E-state index is 10.9. The summed E-state index contributed by atoms with van der Waals surface area (Å²) in [5.41, 5.74) is 1.31. The molecule has 4 aliphatic rings. The summed E-state index contributed by atoms with van der Waals surface area (Å²) in [6, 6.07) is 6.20. The highest BCUT2D eigenvalue weighted by Crippen LogP contribution is 2.56. The molecule has 4 saturated carbocycles. The van der Waals surface area contributed by atoms with Gasteiger partial charge < -0.3 is 20.8 Å². The lowest BCUT2D eigenvalue weighted by molar-refractivity contribution is -0.129. The van der Waals surface area contributed by atoms with E-state index >= 15 is 0 Å². The highest BCUT2D eigenvalue weighted by Gasteiger charge is 2.54. The van der Waals surface area contributed by atoms with Gasteiger partial charge in [0, 0.05) is 17.1 Å². The predicted octanol–water partition coefficient (Wildman–Crippen LogP) is 3.57. The average Bonchev–Trinajstić information content (AvgIpc) is 3.14. The Labute approximate surface area is 191 Å². The first-order chi connectivity index (χ1) is 15.5. The molecule has 0 saturated heterocycles. The van der Waals surface area contributed by atoms with Crippen LogP contribution in [-0.2, 0) is 6.54 Å².